The Balaban J connectivity index is 2.11. The van der Waals surface area contributed by atoms with Crippen molar-refractivity contribution >= 4 is 27.8 Å². The zero-order chi connectivity index (χ0) is 11.9. The van der Waals surface area contributed by atoms with Crippen molar-refractivity contribution in [3.8, 4) is 0 Å². The lowest BCUT2D eigenvalue weighted by Gasteiger charge is -2.40. The van der Waals surface area contributed by atoms with E-state index in [1.54, 1.807) is 6.20 Å². The zero-order valence-corrected chi connectivity index (χ0v) is 10.7. The average Bonchev–Trinajstić information content (AvgIpc) is 2.31. The fourth-order valence-electron chi connectivity index (χ4n) is 2.44. The Morgan fingerprint density at radius 3 is 2.94 bits per heavy atom. The summed E-state index contributed by atoms with van der Waals surface area (Å²) in [5.41, 5.74) is 0.452. The van der Waals surface area contributed by atoms with Crippen LogP contribution in [0.1, 0.15) is 18.4 Å². The van der Waals surface area contributed by atoms with Crippen LogP contribution >= 0.6 is 15.9 Å². The van der Waals surface area contributed by atoms with Gasteiger partial charge in [-0.3, -0.25) is 5.32 Å². The Labute approximate surface area is 107 Å². The van der Waals surface area contributed by atoms with Gasteiger partial charge in [-0.05, 0) is 35.1 Å². The lowest BCUT2D eigenvalue weighted by Crippen LogP contribution is -2.47. The Hall–Kier alpha value is -1.14. The SMILES string of the molecule is O=C1Nc2ncc(Br)cc2C2(CCNCC2)O1. The highest BCUT2D eigenvalue weighted by Crippen LogP contribution is 2.42. The molecule has 1 amide bonds. The molecular formula is C11H12BrN3O2. The summed E-state index contributed by atoms with van der Waals surface area (Å²) in [5.74, 6) is 0.617. The minimum absolute atomic E-state index is 0.408. The predicted octanol–water partition coefficient (Wildman–Crippen LogP) is 1.98. The van der Waals surface area contributed by atoms with E-state index in [0.29, 0.717) is 5.82 Å². The lowest BCUT2D eigenvalue weighted by molar-refractivity contribution is -0.0130. The summed E-state index contributed by atoms with van der Waals surface area (Å²) < 4.78 is 6.44. The molecule has 0 aromatic carbocycles. The normalized spacial score (nSPS) is 21.6. The second-order valence-electron chi connectivity index (χ2n) is 4.31. The third-order valence-electron chi connectivity index (χ3n) is 3.26. The van der Waals surface area contributed by atoms with Crippen LogP contribution in [0.5, 0.6) is 0 Å². The molecule has 1 fully saturated rings. The molecule has 3 rings (SSSR count). The Morgan fingerprint density at radius 2 is 2.18 bits per heavy atom. The first kappa shape index (κ1) is 11.0. The molecule has 2 aliphatic rings. The van der Waals surface area contributed by atoms with E-state index in [4.69, 9.17) is 4.74 Å². The van der Waals surface area contributed by atoms with Gasteiger partial charge in [0, 0.05) is 29.1 Å². The Kier molecular flexibility index (Phi) is 2.56. The summed E-state index contributed by atoms with van der Waals surface area (Å²) in [6, 6.07) is 1.98. The van der Waals surface area contributed by atoms with Crippen LogP contribution in [0.25, 0.3) is 0 Å². The molecule has 5 nitrogen and oxygen atoms in total. The van der Waals surface area contributed by atoms with Gasteiger partial charge in [0.1, 0.15) is 11.4 Å². The maximum atomic E-state index is 11.6. The molecule has 2 aliphatic heterocycles. The van der Waals surface area contributed by atoms with Crippen LogP contribution in [-0.2, 0) is 10.3 Å². The first-order valence-corrected chi connectivity index (χ1v) is 6.36. The highest BCUT2D eigenvalue weighted by atomic mass is 79.9. The van der Waals surface area contributed by atoms with Crippen molar-refractivity contribution in [3.05, 3.63) is 22.3 Å². The van der Waals surface area contributed by atoms with Gasteiger partial charge in [-0.2, -0.15) is 0 Å². The van der Waals surface area contributed by atoms with Crippen molar-refractivity contribution in [2.24, 2.45) is 0 Å². The van der Waals surface area contributed by atoms with E-state index in [2.05, 4.69) is 31.5 Å². The average molecular weight is 298 g/mol. The van der Waals surface area contributed by atoms with Crippen molar-refractivity contribution < 1.29 is 9.53 Å². The first-order chi connectivity index (χ1) is 8.20. The molecule has 3 heterocycles. The van der Waals surface area contributed by atoms with Gasteiger partial charge < -0.3 is 10.1 Å². The number of anilines is 1. The highest BCUT2D eigenvalue weighted by Gasteiger charge is 2.43. The van der Waals surface area contributed by atoms with Crippen LogP contribution < -0.4 is 10.6 Å². The van der Waals surface area contributed by atoms with Gasteiger partial charge in [-0.1, -0.05) is 0 Å². The molecule has 0 aliphatic carbocycles. The molecule has 0 radical (unpaired) electrons. The number of carbonyl (C=O) groups is 1. The lowest BCUT2D eigenvalue weighted by atomic mass is 9.84. The number of nitrogens with zero attached hydrogens (tertiary/aromatic N) is 1. The summed E-state index contributed by atoms with van der Waals surface area (Å²) in [5, 5.41) is 5.92. The number of halogens is 1. The van der Waals surface area contributed by atoms with Crippen LogP contribution in [0.2, 0.25) is 0 Å². The van der Waals surface area contributed by atoms with Crippen molar-refractivity contribution in [1.82, 2.24) is 10.3 Å². The van der Waals surface area contributed by atoms with E-state index in [1.165, 1.54) is 0 Å². The van der Waals surface area contributed by atoms with Gasteiger partial charge in [0.2, 0.25) is 0 Å². The van der Waals surface area contributed by atoms with Crippen molar-refractivity contribution in [3.63, 3.8) is 0 Å². The van der Waals surface area contributed by atoms with Crippen molar-refractivity contribution in [2.45, 2.75) is 18.4 Å². The quantitative estimate of drug-likeness (QED) is 0.769. The molecule has 0 saturated carbocycles. The second kappa shape index (κ2) is 3.96. The Morgan fingerprint density at radius 1 is 1.41 bits per heavy atom. The monoisotopic (exact) mass is 297 g/mol. The van der Waals surface area contributed by atoms with Gasteiger partial charge in [0.15, 0.2) is 0 Å². The maximum absolute atomic E-state index is 11.6. The molecule has 1 aromatic rings. The molecule has 0 atom stereocenters. The van der Waals surface area contributed by atoms with Gasteiger partial charge in [0.05, 0.1) is 0 Å². The van der Waals surface area contributed by atoms with Crippen LogP contribution in [0.3, 0.4) is 0 Å². The highest BCUT2D eigenvalue weighted by molar-refractivity contribution is 9.10. The number of pyridine rings is 1. The molecule has 0 unspecified atom stereocenters. The minimum Gasteiger partial charge on any atom is -0.438 e. The number of rotatable bonds is 0. The van der Waals surface area contributed by atoms with E-state index in [1.807, 2.05) is 6.07 Å². The number of piperidine rings is 1. The van der Waals surface area contributed by atoms with E-state index in [9.17, 15) is 4.79 Å². The van der Waals surface area contributed by atoms with E-state index in [0.717, 1.165) is 36.0 Å². The summed E-state index contributed by atoms with van der Waals surface area (Å²) in [6.45, 7) is 1.69. The third-order valence-corrected chi connectivity index (χ3v) is 3.70. The number of hydrogen-bond donors (Lipinski definition) is 2. The molecule has 17 heavy (non-hydrogen) atoms. The Bertz CT molecular complexity index is 472. The number of nitrogens with one attached hydrogen (secondary N) is 2. The number of fused-ring (bicyclic) bond motifs is 2. The molecule has 1 spiro atoms. The van der Waals surface area contributed by atoms with Gasteiger partial charge in [0.25, 0.3) is 0 Å². The van der Waals surface area contributed by atoms with E-state index in [-0.39, 0.29) is 0 Å². The number of ether oxygens (including phenoxy) is 1. The zero-order valence-electron chi connectivity index (χ0n) is 9.12. The van der Waals surface area contributed by atoms with Gasteiger partial charge >= 0.3 is 6.09 Å². The third kappa shape index (κ3) is 1.81. The largest absolute Gasteiger partial charge is 0.438 e. The maximum Gasteiger partial charge on any atom is 0.413 e. The van der Waals surface area contributed by atoms with Crippen LogP contribution in [0, 0.1) is 0 Å². The molecule has 1 aromatic heterocycles. The number of hydrogen-bond acceptors (Lipinski definition) is 4. The molecular weight excluding hydrogens is 286 g/mol. The van der Waals surface area contributed by atoms with E-state index >= 15 is 0 Å². The summed E-state index contributed by atoms with van der Waals surface area (Å²) in [4.78, 5) is 15.8. The number of amides is 1. The molecule has 1 saturated heterocycles. The molecule has 0 bridgehead atoms. The van der Waals surface area contributed by atoms with Crippen LogP contribution in [0.4, 0.5) is 10.6 Å². The molecule has 90 valence electrons. The second-order valence-corrected chi connectivity index (χ2v) is 5.22. The number of carbonyl (C=O) groups excluding carboxylic acids is 1. The van der Waals surface area contributed by atoms with Crippen molar-refractivity contribution in [1.29, 1.82) is 0 Å². The predicted molar refractivity (Wildman–Crippen MR) is 65.8 cm³/mol. The van der Waals surface area contributed by atoms with Crippen LogP contribution in [-0.4, -0.2) is 24.2 Å². The van der Waals surface area contributed by atoms with Gasteiger partial charge in [-0.15, -0.1) is 0 Å². The molecule has 2 N–H and O–H groups in total. The standard InChI is InChI=1S/C11H12BrN3O2/c12-7-5-8-9(14-6-7)15-10(16)17-11(8)1-3-13-4-2-11/h5-6,13H,1-4H2,(H,14,15,16). The first-order valence-electron chi connectivity index (χ1n) is 5.56. The summed E-state index contributed by atoms with van der Waals surface area (Å²) in [7, 11) is 0. The summed E-state index contributed by atoms with van der Waals surface area (Å²) in [6.07, 6.45) is 2.84. The fraction of sp³-hybridized carbons (Fsp3) is 0.455. The van der Waals surface area contributed by atoms with Crippen molar-refractivity contribution in [2.75, 3.05) is 18.4 Å². The minimum atomic E-state index is -0.514. The van der Waals surface area contributed by atoms with Gasteiger partial charge in [-0.25, -0.2) is 9.78 Å². The fourth-order valence-corrected chi connectivity index (χ4v) is 2.77. The summed E-state index contributed by atoms with van der Waals surface area (Å²) >= 11 is 3.41. The molecule has 6 heteroatoms. The van der Waals surface area contributed by atoms with Crippen LogP contribution in [0.15, 0.2) is 16.7 Å². The number of aromatic nitrogens is 1. The van der Waals surface area contributed by atoms with E-state index < -0.39 is 11.7 Å². The topological polar surface area (TPSA) is 63.2 Å². The smallest absolute Gasteiger partial charge is 0.413 e.